The predicted molar refractivity (Wildman–Crippen MR) is 119 cm³/mol. The number of aryl methyl sites for hydroxylation is 1. The first kappa shape index (κ1) is 20.9. The van der Waals surface area contributed by atoms with Crippen LogP contribution in [0.15, 0.2) is 30.2 Å². The fraction of sp³-hybridized carbons (Fsp3) is 0.500. The van der Waals surface area contributed by atoms with Crippen LogP contribution in [-0.4, -0.2) is 66.0 Å². The molecule has 0 bridgehead atoms. The minimum absolute atomic E-state index is 0.0900. The highest BCUT2D eigenvalue weighted by Crippen LogP contribution is 2.50. The zero-order valence-corrected chi connectivity index (χ0v) is 19.3. The summed E-state index contributed by atoms with van der Waals surface area (Å²) in [5.41, 5.74) is 1.56. The molecule has 2 saturated heterocycles. The van der Waals surface area contributed by atoms with Gasteiger partial charge in [-0.15, -0.1) is 11.3 Å². The predicted octanol–water partition coefficient (Wildman–Crippen LogP) is 2.61. The second-order valence-corrected chi connectivity index (χ2v) is 10.1. The number of nitrogens with one attached hydrogen (secondary N) is 1. The molecule has 2 fully saturated rings. The van der Waals surface area contributed by atoms with Crippen molar-refractivity contribution in [2.75, 3.05) is 19.6 Å². The third kappa shape index (κ3) is 3.42. The minimum Gasteiger partial charge on any atom is -0.336 e. The van der Waals surface area contributed by atoms with E-state index in [1.807, 2.05) is 29.7 Å². The van der Waals surface area contributed by atoms with E-state index < -0.39 is 5.41 Å². The van der Waals surface area contributed by atoms with E-state index in [4.69, 9.17) is 0 Å². The molecule has 2 atom stereocenters. The summed E-state index contributed by atoms with van der Waals surface area (Å²) < 4.78 is 2.05. The van der Waals surface area contributed by atoms with E-state index in [1.165, 1.54) is 0 Å². The molecular formula is C22H27N7O2S. The number of hydrogen-bond donors (Lipinski definition) is 1. The SMILES string of the molecule is Cc1nc(CN2CC[C@@]3(CN(C(=O)c4ccn[nH]4)C[C@H]3c3cn(C(C)C)cn3)C2=O)cs1. The number of likely N-dealkylation sites (tertiary alicyclic amines) is 2. The van der Waals surface area contributed by atoms with Crippen molar-refractivity contribution in [2.45, 2.75) is 45.7 Å². The van der Waals surface area contributed by atoms with Crippen molar-refractivity contribution in [3.05, 3.63) is 52.3 Å². The van der Waals surface area contributed by atoms with Gasteiger partial charge in [-0.25, -0.2) is 9.97 Å². The number of nitrogens with zero attached hydrogens (tertiary/aromatic N) is 6. The number of imidazole rings is 1. The average molecular weight is 454 g/mol. The van der Waals surface area contributed by atoms with E-state index in [9.17, 15) is 9.59 Å². The van der Waals surface area contributed by atoms with Gasteiger partial charge in [0.2, 0.25) is 5.91 Å². The lowest BCUT2D eigenvalue weighted by atomic mass is 9.75. The molecule has 10 heteroatoms. The monoisotopic (exact) mass is 453 g/mol. The fourth-order valence-electron chi connectivity index (χ4n) is 4.96. The Kier molecular flexibility index (Phi) is 5.11. The molecule has 0 saturated carbocycles. The Balaban J connectivity index is 1.46. The zero-order valence-electron chi connectivity index (χ0n) is 18.5. The molecule has 3 aromatic rings. The Morgan fingerprint density at radius 3 is 2.91 bits per heavy atom. The minimum atomic E-state index is -0.670. The van der Waals surface area contributed by atoms with Crippen molar-refractivity contribution in [3.8, 4) is 0 Å². The van der Waals surface area contributed by atoms with Gasteiger partial charge in [0.25, 0.3) is 5.91 Å². The van der Waals surface area contributed by atoms with Gasteiger partial charge in [0.15, 0.2) is 0 Å². The van der Waals surface area contributed by atoms with E-state index in [0.29, 0.717) is 38.3 Å². The summed E-state index contributed by atoms with van der Waals surface area (Å²) in [6, 6.07) is 1.95. The van der Waals surface area contributed by atoms with Crippen molar-refractivity contribution in [1.82, 2.24) is 34.5 Å². The lowest BCUT2D eigenvalue weighted by molar-refractivity contribution is -0.136. The van der Waals surface area contributed by atoms with Crippen molar-refractivity contribution in [3.63, 3.8) is 0 Å². The zero-order chi connectivity index (χ0) is 22.5. The molecule has 0 aromatic carbocycles. The van der Waals surface area contributed by atoms with Gasteiger partial charge in [-0.1, -0.05) is 0 Å². The van der Waals surface area contributed by atoms with Gasteiger partial charge in [-0.3, -0.25) is 14.7 Å². The van der Waals surface area contributed by atoms with Crippen LogP contribution in [0.3, 0.4) is 0 Å². The Labute approximate surface area is 190 Å². The number of aromatic amines is 1. The van der Waals surface area contributed by atoms with Crippen LogP contribution >= 0.6 is 11.3 Å². The van der Waals surface area contributed by atoms with Gasteiger partial charge >= 0.3 is 0 Å². The van der Waals surface area contributed by atoms with Crippen molar-refractivity contribution >= 4 is 23.2 Å². The number of H-pyrrole nitrogens is 1. The van der Waals surface area contributed by atoms with Gasteiger partial charge < -0.3 is 14.4 Å². The number of thiazole rings is 1. The Morgan fingerprint density at radius 2 is 2.25 bits per heavy atom. The van der Waals surface area contributed by atoms with E-state index >= 15 is 0 Å². The molecule has 9 nitrogen and oxygen atoms in total. The highest BCUT2D eigenvalue weighted by atomic mass is 32.1. The van der Waals surface area contributed by atoms with Gasteiger partial charge in [-0.05, 0) is 33.3 Å². The van der Waals surface area contributed by atoms with E-state index in [-0.39, 0.29) is 23.8 Å². The quantitative estimate of drug-likeness (QED) is 0.640. The molecule has 5 rings (SSSR count). The standard InChI is InChI=1S/C22H27N7O2S/c1-14(2)29-10-19(23-13-29)17-9-28(20(30)18-4-6-24-26-18)12-22(17)5-7-27(21(22)31)8-16-11-32-15(3)25-16/h4,6,10-11,13-14,17H,5,7-9,12H2,1-3H3,(H,24,26)/t17-,22-/m0/s1. The fourth-order valence-corrected chi connectivity index (χ4v) is 5.56. The molecule has 168 valence electrons. The topological polar surface area (TPSA) is 100 Å². The lowest BCUT2D eigenvalue weighted by Crippen LogP contribution is -2.40. The molecule has 1 N–H and O–H groups in total. The molecule has 0 unspecified atom stereocenters. The maximum Gasteiger partial charge on any atom is 0.271 e. The van der Waals surface area contributed by atoms with Crippen LogP contribution in [0.2, 0.25) is 0 Å². The van der Waals surface area contributed by atoms with Crippen LogP contribution < -0.4 is 0 Å². The van der Waals surface area contributed by atoms with Gasteiger partial charge in [0.1, 0.15) is 5.69 Å². The number of carbonyl (C=O) groups is 2. The summed E-state index contributed by atoms with van der Waals surface area (Å²) in [7, 11) is 0. The summed E-state index contributed by atoms with van der Waals surface area (Å²) in [6.07, 6.45) is 6.11. The molecule has 2 aliphatic rings. The Hall–Kier alpha value is -3.01. The molecule has 0 aliphatic carbocycles. The number of amides is 2. The maximum absolute atomic E-state index is 13.8. The van der Waals surface area contributed by atoms with Crippen LogP contribution in [0.25, 0.3) is 0 Å². The number of carbonyl (C=O) groups excluding carboxylic acids is 2. The van der Waals surface area contributed by atoms with Crippen LogP contribution in [-0.2, 0) is 11.3 Å². The third-order valence-corrected chi connectivity index (χ3v) is 7.52. The van der Waals surface area contributed by atoms with Crippen LogP contribution in [0.5, 0.6) is 0 Å². The molecule has 5 heterocycles. The van der Waals surface area contributed by atoms with E-state index in [2.05, 4.69) is 38.6 Å². The highest BCUT2D eigenvalue weighted by molar-refractivity contribution is 7.09. The molecule has 2 aliphatic heterocycles. The highest BCUT2D eigenvalue weighted by Gasteiger charge is 2.58. The number of aromatic nitrogens is 5. The van der Waals surface area contributed by atoms with Crippen molar-refractivity contribution in [2.24, 2.45) is 5.41 Å². The largest absolute Gasteiger partial charge is 0.336 e. The summed E-state index contributed by atoms with van der Waals surface area (Å²) in [4.78, 5) is 39.8. The van der Waals surface area contributed by atoms with Gasteiger partial charge in [0.05, 0.1) is 34.7 Å². The molecule has 2 amide bonds. The van der Waals surface area contributed by atoms with Crippen LogP contribution in [0, 0.1) is 12.3 Å². The molecular weight excluding hydrogens is 426 g/mol. The smallest absolute Gasteiger partial charge is 0.271 e. The van der Waals surface area contributed by atoms with E-state index in [1.54, 1.807) is 28.5 Å². The van der Waals surface area contributed by atoms with Crippen LogP contribution in [0.1, 0.15) is 59.1 Å². The van der Waals surface area contributed by atoms with Crippen molar-refractivity contribution in [1.29, 1.82) is 0 Å². The average Bonchev–Trinajstić information content (AvgIpc) is 3.57. The lowest BCUT2D eigenvalue weighted by Gasteiger charge is -2.27. The normalized spacial score (nSPS) is 23.2. The second-order valence-electron chi connectivity index (χ2n) is 9.04. The first-order chi connectivity index (χ1) is 15.4. The second kappa shape index (κ2) is 7.84. The van der Waals surface area contributed by atoms with Crippen molar-refractivity contribution < 1.29 is 9.59 Å². The summed E-state index contributed by atoms with van der Waals surface area (Å²) >= 11 is 1.59. The summed E-state index contributed by atoms with van der Waals surface area (Å²) in [5.74, 6) is -0.190. The Morgan fingerprint density at radius 1 is 1.41 bits per heavy atom. The van der Waals surface area contributed by atoms with Crippen LogP contribution in [0.4, 0.5) is 0 Å². The molecule has 0 radical (unpaired) electrons. The molecule has 32 heavy (non-hydrogen) atoms. The van der Waals surface area contributed by atoms with E-state index in [0.717, 1.165) is 16.4 Å². The summed E-state index contributed by atoms with van der Waals surface area (Å²) in [5, 5.41) is 9.68. The summed E-state index contributed by atoms with van der Waals surface area (Å²) in [6.45, 7) is 8.18. The third-order valence-electron chi connectivity index (χ3n) is 6.70. The molecule has 1 spiro atoms. The Bertz CT molecular complexity index is 1140. The van der Waals surface area contributed by atoms with Gasteiger partial charge in [0, 0.05) is 49.4 Å². The first-order valence-electron chi connectivity index (χ1n) is 10.9. The maximum atomic E-state index is 13.8. The van der Waals surface area contributed by atoms with Gasteiger partial charge in [-0.2, -0.15) is 5.10 Å². The molecule has 3 aromatic heterocycles. The number of rotatable bonds is 5. The number of hydrogen-bond acceptors (Lipinski definition) is 6. The first-order valence-corrected chi connectivity index (χ1v) is 11.8.